The molecule has 4 aliphatic carbocycles. The average Bonchev–Trinajstić information content (AvgIpc) is 3.26. The van der Waals surface area contributed by atoms with Gasteiger partial charge in [-0.25, -0.2) is 4.79 Å². The van der Waals surface area contributed by atoms with Gasteiger partial charge >= 0.3 is 6.16 Å². The Labute approximate surface area is 241 Å². The number of rotatable bonds is 8. The summed E-state index contributed by atoms with van der Waals surface area (Å²) in [4.78, 5) is 22.9. The van der Waals surface area contributed by atoms with E-state index in [1.54, 1.807) is 0 Å². The van der Waals surface area contributed by atoms with Crippen LogP contribution in [0.4, 0.5) is 10.5 Å². The molecule has 0 aliphatic heterocycles. The smallest absolute Gasteiger partial charge is 0.431 e. The van der Waals surface area contributed by atoms with Gasteiger partial charge in [0.2, 0.25) is 0 Å². The van der Waals surface area contributed by atoms with Gasteiger partial charge in [0.05, 0.1) is 4.92 Å². The van der Waals surface area contributed by atoms with Crippen molar-refractivity contribution in [2.24, 2.45) is 52.3 Å². The molecule has 40 heavy (non-hydrogen) atoms. The van der Waals surface area contributed by atoms with E-state index < -0.39 is 11.1 Å². The standard InChI is InChI=1S/C34H51NO5/c1-22(2)7-6-8-23(3)29-15-16-30-28-14-9-24-21-27(17-19-33(24,4)31(28)18-20-34(29,30)5)40-32(36)39-26-12-10-25(11-13-26)35(37)38/h10-13,22-24,27-31H,6-9,14-21H2,1-5H3/t23-,24+,27+,28+,29-,30+,31+,33+,34-/m1/s1. The molecule has 0 heterocycles. The lowest BCUT2D eigenvalue weighted by atomic mass is 9.44. The van der Waals surface area contributed by atoms with E-state index >= 15 is 0 Å². The van der Waals surface area contributed by atoms with Gasteiger partial charge in [-0.3, -0.25) is 10.1 Å². The third kappa shape index (κ3) is 5.66. The van der Waals surface area contributed by atoms with E-state index in [2.05, 4.69) is 34.6 Å². The number of ether oxygens (including phenoxy) is 2. The third-order valence-electron chi connectivity index (χ3n) is 12.3. The molecule has 0 saturated heterocycles. The van der Waals surface area contributed by atoms with Gasteiger partial charge in [0.25, 0.3) is 5.69 Å². The summed E-state index contributed by atoms with van der Waals surface area (Å²) < 4.78 is 11.1. The Hall–Kier alpha value is -2.11. The van der Waals surface area contributed by atoms with Crippen molar-refractivity contribution in [2.75, 3.05) is 0 Å². The van der Waals surface area contributed by atoms with Crippen LogP contribution in [0.15, 0.2) is 24.3 Å². The summed E-state index contributed by atoms with van der Waals surface area (Å²) in [6.45, 7) is 12.5. The summed E-state index contributed by atoms with van der Waals surface area (Å²) in [5.74, 6) is 5.95. The molecule has 6 nitrogen and oxygen atoms in total. The predicted molar refractivity (Wildman–Crippen MR) is 157 cm³/mol. The molecule has 0 N–H and O–H groups in total. The zero-order valence-corrected chi connectivity index (χ0v) is 25.4. The summed E-state index contributed by atoms with van der Waals surface area (Å²) >= 11 is 0. The average molecular weight is 554 g/mol. The quantitative estimate of drug-likeness (QED) is 0.139. The molecular weight excluding hydrogens is 502 g/mol. The van der Waals surface area contributed by atoms with Crippen LogP contribution in [-0.2, 0) is 4.74 Å². The molecule has 9 atom stereocenters. The van der Waals surface area contributed by atoms with Gasteiger partial charge in [0.1, 0.15) is 11.9 Å². The van der Waals surface area contributed by atoms with Crippen molar-refractivity contribution in [1.82, 2.24) is 0 Å². The largest absolute Gasteiger partial charge is 0.514 e. The first-order valence-electron chi connectivity index (χ1n) is 16.1. The van der Waals surface area contributed by atoms with Crippen molar-refractivity contribution in [3.63, 3.8) is 0 Å². The molecule has 4 saturated carbocycles. The maximum atomic E-state index is 12.5. The molecule has 6 heteroatoms. The number of carbonyl (C=O) groups excluding carboxylic acids is 1. The molecule has 1 aromatic carbocycles. The van der Waals surface area contributed by atoms with Gasteiger partial charge in [-0.1, -0.05) is 53.9 Å². The molecule has 222 valence electrons. The zero-order valence-electron chi connectivity index (χ0n) is 25.4. The highest BCUT2D eigenvalue weighted by Gasteiger charge is 2.60. The molecule has 5 rings (SSSR count). The Bertz CT molecular complexity index is 1050. The number of nitro groups is 1. The second kappa shape index (κ2) is 11.6. The number of benzene rings is 1. The number of fused-ring (bicyclic) bond motifs is 5. The van der Waals surface area contributed by atoms with Crippen LogP contribution in [0.3, 0.4) is 0 Å². The van der Waals surface area contributed by atoms with Crippen molar-refractivity contribution in [2.45, 2.75) is 118 Å². The van der Waals surface area contributed by atoms with Gasteiger partial charge in [0.15, 0.2) is 0 Å². The van der Waals surface area contributed by atoms with Gasteiger partial charge in [-0.15, -0.1) is 0 Å². The van der Waals surface area contributed by atoms with E-state index in [1.807, 2.05) is 0 Å². The summed E-state index contributed by atoms with van der Waals surface area (Å²) in [5.41, 5.74) is 0.826. The lowest BCUT2D eigenvalue weighted by molar-refractivity contribution is -0.384. The Morgan fingerprint density at radius 3 is 2.35 bits per heavy atom. The van der Waals surface area contributed by atoms with Crippen LogP contribution >= 0.6 is 0 Å². The van der Waals surface area contributed by atoms with Crippen LogP contribution in [0.2, 0.25) is 0 Å². The van der Waals surface area contributed by atoms with E-state index in [9.17, 15) is 14.9 Å². The third-order valence-corrected chi connectivity index (χ3v) is 12.3. The predicted octanol–water partition coefficient (Wildman–Crippen LogP) is 9.60. The maximum Gasteiger partial charge on any atom is 0.514 e. The summed E-state index contributed by atoms with van der Waals surface area (Å²) in [5, 5.41) is 10.9. The fourth-order valence-electron chi connectivity index (χ4n) is 10.2. The first-order chi connectivity index (χ1) is 19.0. The van der Waals surface area contributed by atoms with Crippen LogP contribution in [-0.4, -0.2) is 17.2 Å². The second-order valence-corrected chi connectivity index (χ2v) is 14.8. The lowest BCUT2D eigenvalue weighted by Gasteiger charge is -2.61. The highest BCUT2D eigenvalue weighted by Crippen LogP contribution is 2.68. The summed E-state index contributed by atoms with van der Waals surface area (Å²) in [6, 6.07) is 5.55. The molecule has 4 aliphatic rings. The van der Waals surface area contributed by atoms with E-state index in [-0.39, 0.29) is 17.5 Å². The normalized spacial score (nSPS) is 37.6. The minimum Gasteiger partial charge on any atom is -0.431 e. The minimum absolute atomic E-state index is 0.0322. The maximum absolute atomic E-state index is 12.5. The van der Waals surface area contributed by atoms with Crippen LogP contribution in [0.5, 0.6) is 5.75 Å². The monoisotopic (exact) mass is 553 g/mol. The molecule has 0 amide bonds. The SMILES string of the molecule is CC(C)CCC[C@@H](C)[C@H]1CC[C@H]2[C@@H]3CC[C@H]4C[C@@H](OC(=O)Oc5ccc([N+](=O)[O-])cc5)CC[C@]4(C)[C@H]3CC[C@]12C. The Kier molecular flexibility index (Phi) is 8.55. The van der Waals surface area contributed by atoms with Gasteiger partial charge in [-0.05, 0) is 122 Å². The van der Waals surface area contributed by atoms with Crippen LogP contribution in [0.25, 0.3) is 0 Å². The Morgan fingerprint density at radius 2 is 1.65 bits per heavy atom. The Morgan fingerprint density at radius 1 is 0.950 bits per heavy atom. The van der Waals surface area contributed by atoms with Gasteiger partial charge in [-0.2, -0.15) is 0 Å². The van der Waals surface area contributed by atoms with E-state index in [1.165, 1.54) is 82.1 Å². The van der Waals surface area contributed by atoms with Crippen LogP contribution < -0.4 is 4.74 Å². The first kappa shape index (κ1) is 29.4. The van der Waals surface area contributed by atoms with Gasteiger partial charge < -0.3 is 9.47 Å². The topological polar surface area (TPSA) is 78.7 Å². The fourth-order valence-corrected chi connectivity index (χ4v) is 10.2. The number of non-ortho nitro benzene ring substituents is 1. The van der Waals surface area contributed by atoms with Crippen molar-refractivity contribution in [3.8, 4) is 5.75 Å². The zero-order chi connectivity index (χ0) is 28.7. The molecule has 0 unspecified atom stereocenters. The molecule has 0 radical (unpaired) electrons. The Balaban J connectivity index is 1.17. The summed E-state index contributed by atoms with van der Waals surface area (Å²) in [6.07, 6.45) is 14.5. The molecule has 1 aromatic rings. The number of hydrogen-bond acceptors (Lipinski definition) is 5. The number of carbonyl (C=O) groups is 1. The number of hydrogen-bond donors (Lipinski definition) is 0. The van der Waals surface area contributed by atoms with E-state index in [0.29, 0.717) is 16.7 Å². The lowest BCUT2D eigenvalue weighted by Crippen LogP contribution is -2.54. The molecule has 0 spiro atoms. The van der Waals surface area contributed by atoms with Crippen LogP contribution in [0, 0.1) is 62.4 Å². The molecule has 0 aromatic heterocycles. The van der Waals surface area contributed by atoms with Gasteiger partial charge in [0, 0.05) is 12.1 Å². The number of nitro benzene ring substituents is 1. The van der Waals surface area contributed by atoms with Crippen molar-refractivity contribution >= 4 is 11.8 Å². The highest BCUT2D eigenvalue weighted by molar-refractivity contribution is 5.64. The van der Waals surface area contributed by atoms with Crippen molar-refractivity contribution < 1.29 is 19.2 Å². The van der Waals surface area contributed by atoms with E-state index in [0.717, 1.165) is 54.8 Å². The molecule has 0 bridgehead atoms. The van der Waals surface area contributed by atoms with E-state index in [4.69, 9.17) is 9.47 Å². The number of nitrogens with zero attached hydrogens (tertiary/aromatic N) is 1. The molecular formula is C34H51NO5. The minimum atomic E-state index is -0.705. The molecule has 4 fully saturated rings. The van der Waals surface area contributed by atoms with Crippen LogP contribution in [0.1, 0.15) is 112 Å². The van der Waals surface area contributed by atoms with Crippen molar-refractivity contribution in [1.29, 1.82) is 0 Å². The summed E-state index contributed by atoms with van der Waals surface area (Å²) in [7, 11) is 0. The highest BCUT2D eigenvalue weighted by atomic mass is 16.7. The first-order valence-corrected chi connectivity index (χ1v) is 16.1. The fraction of sp³-hybridized carbons (Fsp3) is 0.794. The second-order valence-electron chi connectivity index (χ2n) is 14.8. The van der Waals surface area contributed by atoms with Crippen molar-refractivity contribution in [3.05, 3.63) is 34.4 Å².